The fourth-order valence-electron chi connectivity index (χ4n) is 5.20. The van der Waals surface area contributed by atoms with Gasteiger partial charge in [0, 0.05) is 19.0 Å². The van der Waals surface area contributed by atoms with Crippen molar-refractivity contribution in [2.75, 3.05) is 10.8 Å². The Morgan fingerprint density at radius 3 is 2.07 bits per heavy atom. The van der Waals surface area contributed by atoms with Crippen LogP contribution in [0.2, 0.25) is 0 Å². The Balaban J connectivity index is 1.82. The minimum absolute atomic E-state index is 0.0877. The summed E-state index contributed by atoms with van der Waals surface area (Å²) >= 11 is 0. The van der Waals surface area contributed by atoms with Crippen molar-refractivity contribution in [1.29, 1.82) is 0 Å². The van der Waals surface area contributed by atoms with E-state index in [2.05, 4.69) is 5.32 Å². The van der Waals surface area contributed by atoms with E-state index in [1.165, 1.54) is 9.21 Å². The standard InChI is InChI=1S/C37H43N3O4S/c1-6-30(5)38-37(42)35(24-31-15-8-7-9-16-31)39(25-32-17-12-13-28(3)23-32)36(41)26-40(34-18-11-10-14-29(34)4)45(43,44)33-21-19-27(2)20-22-33/h7-23,30,35H,6,24-26H2,1-5H3,(H,38,42). The number of anilines is 1. The molecule has 2 atom stereocenters. The molecule has 0 radical (unpaired) electrons. The normalized spacial score (nSPS) is 12.6. The molecule has 0 aliphatic carbocycles. The first-order valence-electron chi connectivity index (χ1n) is 15.3. The SMILES string of the molecule is CCC(C)NC(=O)C(Cc1ccccc1)N(Cc1cccc(C)c1)C(=O)CN(c1ccccc1C)S(=O)(=O)c1ccc(C)cc1. The van der Waals surface area contributed by atoms with Gasteiger partial charge < -0.3 is 10.2 Å². The predicted octanol–water partition coefficient (Wildman–Crippen LogP) is 6.36. The van der Waals surface area contributed by atoms with E-state index in [0.29, 0.717) is 11.3 Å². The van der Waals surface area contributed by atoms with E-state index in [9.17, 15) is 18.0 Å². The van der Waals surface area contributed by atoms with Gasteiger partial charge in [-0.1, -0.05) is 103 Å². The van der Waals surface area contributed by atoms with Gasteiger partial charge in [-0.05, 0) is 69.0 Å². The maximum absolute atomic E-state index is 14.6. The predicted molar refractivity (Wildman–Crippen MR) is 180 cm³/mol. The Hall–Kier alpha value is -4.43. The van der Waals surface area contributed by atoms with Gasteiger partial charge in [-0.3, -0.25) is 13.9 Å². The van der Waals surface area contributed by atoms with Crippen LogP contribution >= 0.6 is 0 Å². The number of benzene rings is 4. The maximum atomic E-state index is 14.6. The van der Waals surface area contributed by atoms with Crippen molar-refractivity contribution in [3.63, 3.8) is 0 Å². The molecule has 7 nitrogen and oxygen atoms in total. The lowest BCUT2D eigenvalue weighted by Gasteiger charge is -2.34. The fraction of sp³-hybridized carbons (Fsp3) is 0.297. The molecule has 4 aromatic rings. The van der Waals surface area contributed by atoms with Crippen molar-refractivity contribution in [1.82, 2.24) is 10.2 Å². The van der Waals surface area contributed by atoms with Crippen LogP contribution in [0.25, 0.3) is 0 Å². The van der Waals surface area contributed by atoms with Gasteiger partial charge in [0.05, 0.1) is 10.6 Å². The first-order chi connectivity index (χ1) is 21.5. The molecule has 8 heteroatoms. The summed E-state index contributed by atoms with van der Waals surface area (Å²) in [5.41, 5.74) is 4.81. The van der Waals surface area contributed by atoms with Crippen LogP contribution in [-0.2, 0) is 32.6 Å². The Kier molecular flexibility index (Phi) is 11.2. The molecule has 1 N–H and O–H groups in total. The zero-order valence-electron chi connectivity index (χ0n) is 26.7. The van der Waals surface area contributed by atoms with E-state index in [4.69, 9.17) is 0 Å². The number of sulfonamides is 1. The molecule has 236 valence electrons. The van der Waals surface area contributed by atoms with Gasteiger partial charge in [0.2, 0.25) is 11.8 Å². The summed E-state index contributed by atoms with van der Waals surface area (Å²) in [5.74, 6) is -0.756. The van der Waals surface area contributed by atoms with Crippen molar-refractivity contribution < 1.29 is 18.0 Å². The van der Waals surface area contributed by atoms with Crippen molar-refractivity contribution in [2.45, 2.75) is 71.0 Å². The molecule has 0 heterocycles. The molecule has 45 heavy (non-hydrogen) atoms. The Labute approximate surface area is 268 Å². The van der Waals surface area contributed by atoms with Crippen LogP contribution in [0.3, 0.4) is 0 Å². The van der Waals surface area contributed by atoms with Crippen LogP contribution in [0.4, 0.5) is 5.69 Å². The molecule has 4 aromatic carbocycles. The molecule has 0 saturated heterocycles. The minimum atomic E-state index is -4.14. The zero-order valence-corrected chi connectivity index (χ0v) is 27.6. The molecule has 0 bridgehead atoms. The molecule has 0 aliphatic rings. The molecule has 0 aliphatic heterocycles. The van der Waals surface area contributed by atoms with E-state index >= 15 is 0 Å². The van der Waals surface area contributed by atoms with E-state index in [1.807, 2.05) is 101 Å². The lowest BCUT2D eigenvalue weighted by atomic mass is 10.0. The van der Waals surface area contributed by atoms with E-state index < -0.39 is 28.5 Å². The summed E-state index contributed by atoms with van der Waals surface area (Å²) in [6.07, 6.45) is 1.00. The average Bonchev–Trinajstić information content (AvgIpc) is 3.02. The first kappa shape index (κ1) is 33.5. The molecular formula is C37H43N3O4S. The molecule has 0 spiro atoms. The van der Waals surface area contributed by atoms with Crippen LogP contribution in [0.15, 0.2) is 108 Å². The Morgan fingerprint density at radius 1 is 0.778 bits per heavy atom. The summed E-state index contributed by atoms with van der Waals surface area (Å²) in [7, 11) is -4.14. The van der Waals surface area contributed by atoms with E-state index in [0.717, 1.165) is 28.7 Å². The Bertz CT molecular complexity index is 1710. The van der Waals surface area contributed by atoms with Gasteiger partial charge in [-0.2, -0.15) is 0 Å². The molecule has 2 amide bonds. The van der Waals surface area contributed by atoms with Crippen molar-refractivity contribution >= 4 is 27.5 Å². The van der Waals surface area contributed by atoms with Crippen LogP contribution < -0.4 is 9.62 Å². The average molecular weight is 626 g/mol. The number of amides is 2. The third-order valence-corrected chi connectivity index (χ3v) is 9.75. The van der Waals surface area contributed by atoms with E-state index in [-0.39, 0.29) is 29.8 Å². The molecule has 4 rings (SSSR count). The lowest BCUT2D eigenvalue weighted by molar-refractivity contribution is -0.140. The Morgan fingerprint density at radius 2 is 1.42 bits per heavy atom. The highest BCUT2D eigenvalue weighted by molar-refractivity contribution is 7.92. The number of para-hydroxylation sites is 1. The lowest BCUT2D eigenvalue weighted by Crippen LogP contribution is -2.54. The van der Waals surface area contributed by atoms with Crippen LogP contribution in [0.1, 0.15) is 48.1 Å². The number of aryl methyl sites for hydroxylation is 3. The van der Waals surface area contributed by atoms with Crippen molar-refractivity contribution in [3.05, 3.63) is 131 Å². The maximum Gasteiger partial charge on any atom is 0.264 e. The second-order valence-electron chi connectivity index (χ2n) is 11.6. The summed E-state index contributed by atoms with van der Waals surface area (Å²) in [6, 6.07) is 30.1. The second-order valence-corrected chi connectivity index (χ2v) is 13.5. The highest BCUT2D eigenvalue weighted by atomic mass is 32.2. The minimum Gasteiger partial charge on any atom is -0.352 e. The van der Waals surface area contributed by atoms with Gasteiger partial charge in [-0.15, -0.1) is 0 Å². The monoisotopic (exact) mass is 625 g/mol. The van der Waals surface area contributed by atoms with Crippen LogP contribution in [0.5, 0.6) is 0 Å². The molecule has 0 fully saturated rings. The summed E-state index contributed by atoms with van der Waals surface area (Å²) in [5, 5.41) is 3.07. The molecule has 0 aromatic heterocycles. The molecule has 0 saturated carbocycles. The third kappa shape index (κ3) is 8.60. The molecule has 2 unspecified atom stereocenters. The van der Waals surface area contributed by atoms with Crippen LogP contribution in [-0.4, -0.2) is 43.8 Å². The second kappa shape index (κ2) is 15.0. The van der Waals surface area contributed by atoms with Gasteiger partial charge in [-0.25, -0.2) is 8.42 Å². The van der Waals surface area contributed by atoms with E-state index in [1.54, 1.807) is 36.4 Å². The van der Waals surface area contributed by atoms with Gasteiger partial charge in [0.1, 0.15) is 12.6 Å². The number of hydrogen-bond acceptors (Lipinski definition) is 4. The zero-order chi connectivity index (χ0) is 32.6. The highest BCUT2D eigenvalue weighted by Gasteiger charge is 2.35. The van der Waals surface area contributed by atoms with Crippen LogP contribution in [0, 0.1) is 20.8 Å². The summed E-state index contributed by atoms with van der Waals surface area (Å²) in [4.78, 5) is 30.2. The summed E-state index contributed by atoms with van der Waals surface area (Å²) < 4.78 is 29.6. The van der Waals surface area contributed by atoms with Crippen molar-refractivity contribution in [3.8, 4) is 0 Å². The fourth-order valence-corrected chi connectivity index (χ4v) is 6.67. The highest BCUT2D eigenvalue weighted by Crippen LogP contribution is 2.28. The number of nitrogens with one attached hydrogen (secondary N) is 1. The largest absolute Gasteiger partial charge is 0.352 e. The van der Waals surface area contributed by atoms with Gasteiger partial charge in [0.25, 0.3) is 10.0 Å². The van der Waals surface area contributed by atoms with Gasteiger partial charge >= 0.3 is 0 Å². The van der Waals surface area contributed by atoms with Gasteiger partial charge in [0.15, 0.2) is 0 Å². The smallest absolute Gasteiger partial charge is 0.264 e. The number of carbonyl (C=O) groups is 2. The third-order valence-electron chi connectivity index (χ3n) is 7.98. The number of carbonyl (C=O) groups excluding carboxylic acids is 2. The number of rotatable bonds is 13. The molecular weight excluding hydrogens is 582 g/mol. The number of nitrogens with zero attached hydrogens (tertiary/aromatic N) is 2. The topological polar surface area (TPSA) is 86.8 Å². The number of hydrogen-bond donors (Lipinski definition) is 1. The first-order valence-corrected chi connectivity index (χ1v) is 16.8. The quantitative estimate of drug-likeness (QED) is 0.187. The summed E-state index contributed by atoms with van der Waals surface area (Å²) in [6.45, 7) is 9.26. The van der Waals surface area contributed by atoms with Crippen molar-refractivity contribution in [2.24, 2.45) is 0 Å².